The molecule has 0 spiro atoms. The Morgan fingerprint density at radius 2 is 0.935 bits per heavy atom. The summed E-state index contributed by atoms with van der Waals surface area (Å²) in [6, 6.07) is 56.9. The summed E-state index contributed by atoms with van der Waals surface area (Å²) >= 11 is 0. The number of aromatic nitrogens is 2. The molecule has 0 fully saturated rings. The highest BCUT2D eigenvalue weighted by molar-refractivity contribution is 6.11. The molecule has 2 aromatic heterocycles. The lowest BCUT2D eigenvalue weighted by Gasteiger charge is -2.30. The molecule has 77 heavy (non-hydrogen) atoms. The van der Waals surface area contributed by atoms with E-state index in [4.69, 9.17) is 9.72 Å². The number of hydrogen-bond donors (Lipinski definition) is 0. The summed E-state index contributed by atoms with van der Waals surface area (Å²) in [7, 11) is 0. The van der Waals surface area contributed by atoms with Crippen molar-refractivity contribution < 1.29 is 4.74 Å². The van der Waals surface area contributed by atoms with Gasteiger partial charge in [0.15, 0.2) is 0 Å². The van der Waals surface area contributed by atoms with Crippen LogP contribution in [0.3, 0.4) is 0 Å². The molecule has 0 saturated carbocycles. The molecule has 5 heteroatoms. The monoisotopic (exact) mass is 1020 g/mol. The van der Waals surface area contributed by atoms with Gasteiger partial charge in [0, 0.05) is 46.0 Å². The van der Waals surface area contributed by atoms with Gasteiger partial charge in [-0.3, -0.25) is 4.57 Å². The minimum atomic E-state index is -0.0522. The van der Waals surface area contributed by atoms with Gasteiger partial charge in [0.05, 0.1) is 22.4 Å². The second kappa shape index (κ2) is 18.8. The van der Waals surface area contributed by atoms with Crippen LogP contribution in [0.5, 0.6) is 11.5 Å². The Balaban J connectivity index is 1.09. The summed E-state index contributed by atoms with van der Waals surface area (Å²) in [5.74, 6) is 2.42. The highest BCUT2D eigenvalue weighted by Gasteiger charge is 2.34. The third-order valence-electron chi connectivity index (χ3n) is 15.8. The minimum Gasteiger partial charge on any atom is -0.457 e. The zero-order valence-corrected chi connectivity index (χ0v) is 49.4. The lowest BCUT2D eigenvalue weighted by atomic mass is 9.79. The standard InChI is InChI=1S/C72H82N4O/c1-67(2,3)49-23-19-22-47(34-49)59-26-21-27-63-66(59)75(56-40-53(71(13,14)15)39-54(41-56)72(16,17)18)45-74(63)55-24-20-25-57(43-55)77-58-29-30-60-61-37-46(48-35-51(69(7,8)9)38-52(36-48)70(10,11)12)28-31-62(61)76(64(60)44-58)65-42-50(32-33-73-65)68(4,5)6/h19-44H,45H2,1-18H3. The number of nitrogens with zero attached hydrogens (tertiary/aromatic N) is 4. The van der Waals surface area contributed by atoms with Gasteiger partial charge in [-0.15, -0.1) is 0 Å². The van der Waals surface area contributed by atoms with Crippen molar-refractivity contribution in [2.24, 2.45) is 0 Å². The highest BCUT2D eigenvalue weighted by Crippen LogP contribution is 2.51. The van der Waals surface area contributed by atoms with E-state index in [0.29, 0.717) is 6.67 Å². The van der Waals surface area contributed by atoms with Gasteiger partial charge in [-0.05, 0) is 149 Å². The molecule has 0 unspecified atom stereocenters. The fourth-order valence-electron chi connectivity index (χ4n) is 10.8. The van der Waals surface area contributed by atoms with E-state index in [2.05, 4.69) is 291 Å². The lowest BCUT2D eigenvalue weighted by Crippen LogP contribution is -2.25. The molecule has 10 rings (SSSR count). The summed E-state index contributed by atoms with van der Waals surface area (Å²) < 4.78 is 9.33. The Morgan fingerprint density at radius 1 is 0.377 bits per heavy atom. The van der Waals surface area contributed by atoms with Crippen molar-refractivity contribution in [3.8, 4) is 39.6 Å². The average Bonchev–Trinajstić information content (AvgIpc) is 4.02. The van der Waals surface area contributed by atoms with Gasteiger partial charge in [-0.1, -0.05) is 197 Å². The fraction of sp³-hybridized carbons (Fsp3) is 0.347. The van der Waals surface area contributed by atoms with Crippen LogP contribution in [0, 0.1) is 0 Å². The molecule has 1 aliphatic rings. The molecule has 1 aliphatic heterocycles. The fourth-order valence-corrected chi connectivity index (χ4v) is 10.8. The quantitative estimate of drug-likeness (QED) is 0.159. The summed E-state index contributed by atoms with van der Waals surface area (Å²) in [4.78, 5) is 10.0. The number of fused-ring (bicyclic) bond motifs is 4. The van der Waals surface area contributed by atoms with Crippen LogP contribution in [0.25, 0.3) is 49.9 Å². The van der Waals surface area contributed by atoms with Crippen LogP contribution in [-0.4, -0.2) is 16.2 Å². The van der Waals surface area contributed by atoms with Crippen LogP contribution in [-0.2, 0) is 32.5 Å². The zero-order valence-electron chi connectivity index (χ0n) is 49.4. The molecule has 0 saturated heterocycles. The van der Waals surface area contributed by atoms with E-state index in [1.54, 1.807) is 0 Å². The van der Waals surface area contributed by atoms with Gasteiger partial charge in [-0.25, -0.2) is 4.98 Å². The molecule has 0 atom stereocenters. The largest absolute Gasteiger partial charge is 0.457 e. The van der Waals surface area contributed by atoms with Crippen molar-refractivity contribution in [2.75, 3.05) is 16.5 Å². The number of ether oxygens (including phenoxy) is 1. The third kappa shape index (κ3) is 10.6. The number of pyridine rings is 1. The Morgan fingerprint density at radius 3 is 1.56 bits per heavy atom. The number of anilines is 4. The summed E-state index contributed by atoms with van der Waals surface area (Å²) in [5, 5.41) is 2.33. The third-order valence-corrected chi connectivity index (χ3v) is 15.8. The van der Waals surface area contributed by atoms with Crippen LogP contribution in [0.2, 0.25) is 0 Å². The van der Waals surface area contributed by atoms with Crippen molar-refractivity contribution in [1.82, 2.24) is 9.55 Å². The molecule has 0 bridgehead atoms. The van der Waals surface area contributed by atoms with Gasteiger partial charge in [0.25, 0.3) is 0 Å². The first-order chi connectivity index (χ1) is 35.9. The molecule has 0 radical (unpaired) electrons. The van der Waals surface area contributed by atoms with Gasteiger partial charge in [0.1, 0.15) is 24.0 Å². The van der Waals surface area contributed by atoms with Crippen molar-refractivity contribution in [1.29, 1.82) is 0 Å². The molecule has 396 valence electrons. The molecule has 9 aromatic rings. The maximum Gasteiger partial charge on any atom is 0.137 e. The van der Waals surface area contributed by atoms with Crippen molar-refractivity contribution in [2.45, 2.75) is 157 Å². The Kier molecular flexibility index (Phi) is 13.0. The SMILES string of the molecule is CC(C)(C)c1cccc(-c2cccc3c2N(c2cc(C(C)(C)C)cc(C(C)(C)C)c2)CN3c2cccc(Oc3ccc4c5cc(-c6cc(C(C)(C)C)cc(C(C)(C)C)c6)ccc5n(-c5cc(C(C)(C)C)ccn5)c4c3)c2)c1. The number of benzene rings is 7. The summed E-state index contributed by atoms with van der Waals surface area (Å²) in [6.45, 7) is 42.1. The molecule has 5 nitrogen and oxygen atoms in total. The first-order valence-corrected chi connectivity index (χ1v) is 27.9. The molecule has 0 amide bonds. The van der Waals surface area contributed by atoms with Crippen LogP contribution in [0.1, 0.15) is 158 Å². The second-order valence-corrected chi connectivity index (χ2v) is 28.1. The Hall–Kier alpha value is -7.11. The number of rotatable bonds is 7. The first kappa shape index (κ1) is 53.3. The maximum atomic E-state index is 7.00. The predicted octanol–water partition coefficient (Wildman–Crippen LogP) is 20.3. The molecule has 0 aliphatic carbocycles. The van der Waals surface area contributed by atoms with E-state index in [-0.39, 0.29) is 32.5 Å². The highest BCUT2D eigenvalue weighted by atomic mass is 16.5. The van der Waals surface area contributed by atoms with Crippen LogP contribution in [0.15, 0.2) is 158 Å². The maximum absolute atomic E-state index is 7.00. The molecule has 7 aromatic carbocycles. The Bertz CT molecular complexity index is 3650. The average molecular weight is 1020 g/mol. The first-order valence-electron chi connectivity index (χ1n) is 27.9. The van der Waals surface area contributed by atoms with E-state index in [1.807, 2.05) is 6.20 Å². The lowest BCUT2D eigenvalue weighted by molar-refractivity contribution is 0.483. The van der Waals surface area contributed by atoms with Gasteiger partial charge in [-0.2, -0.15) is 0 Å². The van der Waals surface area contributed by atoms with Gasteiger partial charge < -0.3 is 14.5 Å². The number of hydrogen-bond acceptors (Lipinski definition) is 4. The van der Waals surface area contributed by atoms with E-state index in [9.17, 15) is 0 Å². The van der Waals surface area contributed by atoms with Gasteiger partial charge in [0.2, 0.25) is 0 Å². The van der Waals surface area contributed by atoms with E-state index in [1.165, 1.54) is 72.4 Å². The minimum absolute atomic E-state index is 0.00682. The van der Waals surface area contributed by atoms with Crippen molar-refractivity contribution in [3.05, 3.63) is 191 Å². The van der Waals surface area contributed by atoms with E-state index in [0.717, 1.165) is 45.1 Å². The summed E-state index contributed by atoms with van der Waals surface area (Å²) in [6.07, 6.45) is 1.95. The van der Waals surface area contributed by atoms with E-state index >= 15 is 0 Å². The predicted molar refractivity (Wildman–Crippen MR) is 330 cm³/mol. The molecular weight excluding hydrogens is 937 g/mol. The van der Waals surface area contributed by atoms with Gasteiger partial charge >= 0.3 is 0 Å². The topological polar surface area (TPSA) is 33.5 Å². The second-order valence-electron chi connectivity index (χ2n) is 28.1. The molecule has 3 heterocycles. The van der Waals surface area contributed by atoms with Crippen LogP contribution < -0.4 is 14.5 Å². The Labute approximate surface area is 461 Å². The summed E-state index contributed by atoms with van der Waals surface area (Å²) in [5.41, 5.74) is 19.4. The van der Waals surface area contributed by atoms with Crippen LogP contribution >= 0.6 is 0 Å². The normalized spacial score (nSPS) is 13.7. The van der Waals surface area contributed by atoms with Crippen LogP contribution in [0.4, 0.5) is 22.7 Å². The zero-order chi connectivity index (χ0) is 55.4. The number of para-hydroxylation sites is 1. The van der Waals surface area contributed by atoms with Crippen molar-refractivity contribution in [3.63, 3.8) is 0 Å². The smallest absolute Gasteiger partial charge is 0.137 e. The van der Waals surface area contributed by atoms with Crippen molar-refractivity contribution >= 4 is 44.6 Å². The molecular formula is C72H82N4O. The molecule has 0 N–H and O–H groups in total. The van der Waals surface area contributed by atoms with E-state index < -0.39 is 0 Å².